The van der Waals surface area contributed by atoms with Crippen molar-refractivity contribution in [3.8, 4) is 0 Å². The first kappa shape index (κ1) is 45.7. The fraction of sp³-hybridized carbons (Fsp3) is 0.930. The number of esters is 1. The average Bonchev–Trinajstić information content (AvgIpc) is 3.18. The number of methoxy groups -OCH3 is 1. The first-order chi connectivity index (χ1) is 27.5. The van der Waals surface area contributed by atoms with E-state index in [1.807, 2.05) is 6.92 Å². The highest BCUT2D eigenvalue weighted by Gasteiger charge is 2.73. The summed E-state index contributed by atoms with van der Waals surface area (Å²) in [5, 5.41) is 110. The van der Waals surface area contributed by atoms with Crippen LogP contribution in [0.25, 0.3) is 0 Å². The second-order valence-electron chi connectivity index (χ2n) is 21.0. The van der Waals surface area contributed by atoms with Crippen LogP contribution in [-0.4, -0.2) is 164 Å². The number of hydrogen-bond donors (Lipinski definition) is 10. The zero-order chi connectivity index (χ0) is 43.4. The van der Waals surface area contributed by atoms with Crippen LogP contribution in [0.1, 0.15) is 92.9 Å². The minimum atomic E-state index is -1.84. The summed E-state index contributed by atoms with van der Waals surface area (Å²) in [6, 6.07) is 0. The van der Waals surface area contributed by atoms with Crippen molar-refractivity contribution in [3.05, 3.63) is 11.6 Å². The highest BCUT2D eigenvalue weighted by molar-refractivity contribution is 5.79. The van der Waals surface area contributed by atoms with Crippen LogP contribution in [0.5, 0.6) is 0 Å². The third-order valence-electron chi connectivity index (χ3n) is 17.5. The number of fused-ring (bicyclic) bond motifs is 7. The number of rotatable bonds is 8. The SMILES string of the molecule is COC(=O)C12CCC(C)(C)CC1C1=CCC3C4(C)CC(O)C(O[C@@H]5O[C@H](CO)[C@@H](O)[C@H](O[C@@H]6O[C@H](CO)[C@@H](O)[C@H](O)[C@H]6O)[C@H]5O)C(C)(CO)C4CCC3(C)C1(C)CC2O. The van der Waals surface area contributed by atoms with Crippen molar-refractivity contribution in [1.82, 2.24) is 0 Å². The van der Waals surface area contributed by atoms with E-state index < -0.39 is 121 Å². The lowest BCUT2D eigenvalue weighted by atomic mass is 9.33. The van der Waals surface area contributed by atoms with E-state index >= 15 is 0 Å². The molecule has 2 saturated heterocycles. The molecule has 0 spiro atoms. The molecule has 0 aromatic heterocycles. The average molecular weight is 843 g/mol. The van der Waals surface area contributed by atoms with Crippen molar-refractivity contribution >= 4 is 5.97 Å². The Balaban J connectivity index is 1.17. The number of allylic oxidation sites excluding steroid dienone is 2. The Morgan fingerprint density at radius 3 is 1.98 bits per heavy atom. The second-order valence-corrected chi connectivity index (χ2v) is 21.0. The molecule has 7 aliphatic rings. The van der Waals surface area contributed by atoms with E-state index in [4.69, 9.17) is 23.7 Å². The van der Waals surface area contributed by atoms with Crippen LogP contribution in [-0.2, 0) is 28.5 Å². The molecule has 21 atom stereocenters. The van der Waals surface area contributed by atoms with Gasteiger partial charge in [0.15, 0.2) is 12.6 Å². The molecule has 59 heavy (non-hydrogen) atoms. The molecule has 16 nitrogen and oxygen atoms in total. The molecule has 2 aliphatic heterocycles. The van der Waals surface area contributed by atoms with Crippen LogP contribution in [0.15, 0.2) is 11.6 Å². The van der Waals surface area contributed by atoms with Gasteiger partial charge < -0.3 is 74.7 Å². The Morgan fingerprint density at radius 1 is 0.746 bits per heavy atom. The van der Waals surface area contributed by atoms with Gasteiger partial charge in [-0.15, -0.1) is 0 Å². The van der Waals surface area contributed by atoms with E-state index in [-0.39, 0.29) is 41.0 Å². The lowest BCUT2D eigenvalue weighted by Gasteiger charge is -2.72. The molecule has 0 aromatic carbocycles. The molecular formula is C43H70O16. The van der Waals surface area contributed by atoms with Crippen LogP contribution in [0.4, 0.5) is 0 Å². The monoisotopic (exact) mass is 842 g/mol. The summed E-state index contributed by atoms with van der Waals surface area (Å²) in [6.07, 6.45) is -12.6. The maximum atomic E-state index is 13.7. The molecule has 0 bridgehead atoms. The molecular weight excluding hydrogens is 772 g/mol. The molecule has 16 heteroatoms. The minimum absolute atomic E-state index is 0.000145. The summed E-state index contributed by atoms with van der Waals surface area (Å²) in [7, 11) is 1.40. The molecule has 4 saturated carbocycles. The number of aliphatic hydroxyl groups excluding tert-OH is 10. The number of aliphatic hydroxyl groups is 10. The molecule has 5 aliphatic carbocycles. The quantitative estimate of drug-likeness (QED) is 0.0868. The van der Waals surface area contributed by atoms with Gasteiger partial charge in [0.05, 0.1) is 45.2 Å². The van der Waals surface area contributed by atoms with E-state index in [1.54, 1.807) is 0 Å². The van der Waals surface area contributed by atoms with E-state index in [1.165, 1.54) is 12.7 Å². The van der Waals surface area contributed by atoms with Gasteiger partial charge in [0.1, 0.15) is 54.2 Å². The van der Waals surface area contributed by atoms with Gasteiger partial charge in [-0.05, 0) is 90.8 Å². The summed E-state index contributed by atoms with van der Waals surface area (Å²) >= 11 is 0. The predicted octanol–water partition coefficient (Wildman–Crippen LogP) is -0.116. The van der Waals surface area contributed by atoms with Crippen LogP contribution in [0, 0.1) is 50.2 Å². The number of ether oxygens (including phenoxy) is 5. The maximum absolute atomic E-state index is 13.7. The Hall–Kier alpha value is -1.35. The zero-order valence-electron chi connectivity index (χ0n) is 35.5. The second kappa shape index (κ2) is 15.7. The van der Waals surface area contributed by atoms with E-state index in [9.17, 15) is 55.9 Å². The summed E-state index contributed by atoms with van der Waals surface area (Å²) in [5.41, 5.74) is -2.33. The Morgan fingerprint density at radius 2 is 1.37 bits per heavy atom. The van der Waals surface area contributed by atoms with Gasteiger partial charge in [0.25, 0.3) is 0 Å². The lowest BCUT2D eigenvalue weighted by molar-refractivity contribution is -0.375. The highest BCUT2D eigenvalue weighted by atomic mass is 16.7. The Bertz CT molecular complexity index is 1590. The lowest BCUT2D eigenvalue weighted by Crippen LogP contribution is -2.70. The van der Waals surface area contributed by atoms with Crippen LogP contribution < -0.4 is 0 Å². The van der Waals surface area contributed by atoms with Crippen molar-refractivity contribution in [2.75, 3.05) is 26.9 Å². The first-order valence-electron chi connectivity index (χ1n) is 21.5. The number of carbonyl (C=O) groups excluding carboxylic acids is 1. The van der Waals surface area contributed by atoms with E-state index in [2.05, 4.69) is 40.7 Å². The summed E-state index contributed by atoms with van der Waals surface area (Å²) in [4.78, 5) is 13.7. The van der Waals surface area contributed by atoms with E-state index in [0.717, 1.165) is 19.3 Å². The molecule has 6 fully saturated rings. The first-order valence-corrected chi connectivity index (χ1v) is 21.5. The van der Waals surface area contributed by atoms with Gasteiger partial charge in [0, 0.05) is 5.41 Å². The summed E-state index contributed by atoms with van der Waals surface area (Å²) in [5.74, 6) is -0.748. The van der Waals surface area contributed by atoms with Gasteiger partial charge in [-0.3, -0.25) is 4.79 Å². The molecule has 0 aromatic rings. The number of hydrogen-bond acceptors (Lipinski definition) is 16. The molecule has 10 N–H and O–H groups in total. The standard InChI is InChI=1S/C43H70O16/c1-38(2)12-13-43(37(54)55-7)21(14-38)20-8-9-26-39(3)15-22(47)34(40(4,19-46)25(39)10-11-41(26,5)42(20,6)16-27(43)48)59-36-32(53)33(29(50)24(18-45)57-36)58-35-31(52)30(51)28(49)23(17-44)56-35/h8,21-36,44-53H,9-19H2,1-7H3/t21?,22?,23-,24-,25?,26?,27?,28-,29-,30+,31-,32-,33+,34?,35+,36+,39?,40?,41?,42?,43?/m1/s1. The maximum Gasteiger partial charge on any atom is 0.315 e. The highest BCUT2D eigenvalue weighted by Crippen LogP contribution is 2.76. The molecule has 0 radical (unpaired) electrons. The van der Waals surface area contributed by atoms with Gasteiger partial charge in [0.2, 0.25) is 0 Å². The molecule has 7 rings (SSSR count). The fourth-order valence-electron chi connectivity index (χ4n) is 14.1. The van der Waals surface area contributed by atoms with Crippen molar-refractivity contribution in [2.45, 2.75) is 173 Å². The van der Waals surface area contributed by atoms with Crippen molar-refractivity contribution in [3.63, 3.8) is 0 Å². The third-order valence-corrected chi connectivity index (χ3v) is 17.5. The fourth-order valence-corrected chi connectivity index (χ4v) is 14.1. The molecule has 338 valence electrons. The topological polar surface area (TPSA) is 266 Å². The number of carbonyl (C=O) groups is 1. The molecule has 2 heterocycles. The van der Waals surface area contributed by atoms with Crippen LogP contribution in [0.3, 0.4) is 0 Å². The van der Waals surface area contributed by atoms with E-state index in [0.29, 0.717) is 25.7 Å². The smallest absolute Gasteiger partial charge is 0.315 e. The minimum Gasteiger partial charge on any atom is -0.468 e. The summed E-state index contributed by atoms with van der Waals surface area (Å²) in [6.45, 7) is 11.1. The Labute approximate surface area is 346 Å². The molecule has 11 unspecified atom stereocenters. The van der Waals surface area contributed by atoms with Gasteiger partial charge in [-0.2, -0.15) is 0 Å². The third kappa shape index (κ3) is 6.64. The van der Waals surface area contributed by atoms with Crippen molar-refractivity contribution in [2.24, 2.45) is 50.2 Å². The van der Waals surface area contributed by atoms with Crippen LogP contribution in [0.2, 0.25) is 0 Å². The predicted molar refractivity (Wildman–Crippen MR) is 207 cm³/mol. The van der Waals surface area contributed by atoms with Crippen molar-refractivity contribution < 1.29 is 79.5 Å². The van der Waals surface area contributed by atoms with Crippen molar-refractivity contribution in [1.29, 1.82) is 0 Å². The van der Waals surface area contributed by atoms with Crippen LogP contribution >= 0.6 is 0 Å². The van der Waals surface area contributed by atoms with Gasteiger partial charge >= 0.3 is 5.97 Å². The summed E-state index contributed by atoms with van der Waals surface area (Å²) < 4.78 is 29.0. The normalized spacial score (nSPS) is 54.5. The Kier molecular flexibility index (Phi) is 12.2. The largest absolute Gasteiger partial charge is 0.468 e. The molecule has 0 amide bonds. The zero-order valence-corrected chi connectivity index (χ0v) is 35.5. The van der Waals surface area contributed by atoms with Gasteiger partial charge in [-0.1, -0.05) is 53.2 Å². The van der Waals surface area contributed by atoms with Gasteiger partial charge in [-0.25, -0.2) is 0 Å².